The number of alkyl halides is 3. The van der Waals surface area contributed by atoms with Crippen molar-refractivity contribution in [3.05, 3.63) is 59.7 Å². The first-order valence-electron chi connectivity index (χ1n) is 11.3. The monoisotopic (exact) mass is 492 g/mol. The third kappa shape index (κ3) is 6.52. The van der Waals surface area contributed by atoms with Gasteiger partial charge in [0.15, 0.2) is 0 Å². The number of hydrogen-bond donors (Lipinski definition) is 2. The largest absolute Gasteiger partial charge is 0.480 e. The van der Waals surface area contributed by atoms with Gasteiger partial charge in [-0.25, -0.2) is 4.79 Å². The van der Waals surface area contributed by atoms with Crippen LogP contribution in [0.15, 0.2) is 48.5 Å². The zero-order valence-electron chi connectivity index (χ0n) is 19.2. The summed E-state index contributed by atoms with van der Waals surface area (Å²) >= 11 is 0. The highest BCUT2D eigenvalue weighted by Crippen LogP contribution is 2.44. The van der Waals surface area contributed by atoms with E-state index in [0.717, 1.165) is 27.2 Å². The van der Waals surface area contributed by atoms with Crippen molar-refractivity contribution in [1.29, 1.82) is 0 Å². The summed E-state index contributed by atoms with van der Waals surface area (Å²) in [5.41, 5.74) is 4.13. The number of carboxylic acids is 1. The molecule has 1 aliphatic rings. The fraction of sp³-hybridized carbons (Fsp3) is 0.400. The molecule has 0 bridgehead atoms. The van der Waals surface area contributed by atoms with E-state index in [2.05, 4.69) is 5.32 Å². The molecule has 1 unspecified atom stereocenters. The Balaban J connectivity index is 1.53. The van der Waals surface area contributed by atoms with Gasteiger partial charge in [-0.3, -0.25) is 9.59 Å². The van der Waals surface area contributed by atoms with Crippen LogP contribution in [0.4, 0.5) is 18.0 Å². The van der Waals surface area contributed by atoms with Crippen molar-refractivity contribution < 1.29 is 37.4 Å². The van der Waals surface area contributed by atoms with Crippen LogP contribution in [0.3, 0.4) is 0 Å². The molecule has 0 fully saturated rings. The Labute approximate surface area is 200 Å². The van der Waals surface area contributed by atoms with Crippen molar-refractivity contribution >= 4 is 18.0 Å². The van der Waals surface area contributed by atoms with E-state index in [1.807, 2.05) is 48.5 Å². The molecule has 35 heavy (non-hydrogen) atoms. The smallest absolute Gasteiger partial charge is 0.407 e. The van der Waals surface area contributed by atoms with Gasteiger partial charge in [-0.1, -0.05) is 48.5 Å². The number of nitrogens with one attached hydrogen (secondary N) is 1. The predicted octanol–water partition coefficient (Wildman–Crippen LogP) is 4.42. The van der Waals surface area contributed by atoms with E-state index >= 15 is 0 Å². The molecule has 2 N–H and O–H groups in total. The minimum Gasteiger partial charge on any atom is -0.480 e. The number of carboxylic acid groups (broad SMARTS) is 1. The number of benzene rings is 2. The molecule has 1 atom stereocenters. The summed E-state index contributed by atoms with van der Waals surface area (Å²) in [4.78, 5) is 36.0. The van der Waals surface area contributed by atoms with Crippen molar-refractivity contribution in [3.63, 3.8) is 0 Å². The Bertz CT molecular complexity index is 1030. The first-order valence-corrected chi connectivity index (χ1v) is 11.3. The maximum atomic E-state index is 13.4. The first-order chi connectivity index (χ1) is 16.6. The number of aliphatic carboxylic acids is 1. The summed E-state index contributed by atoms with van der Waals surface area (Å²) in [7, 11) is 0. The summed E-state index contributed by atoms with van der Waals surface area (Å²) in [6, 6.07) is 15.5. The molecule has 10 heteroatoms. The number of carbonyl (C=O) groups is 3. The Morgan fingerprint density at radius 2 is 1.63 bits per heavy atom. The molecule has 188 valence electrons. The second-order valence-electron chi connectivity index (χ2n) is 8.29. The van der Waals surface area contributed by atoms with E-state index in [9.17, 15) is 27.6 Å². The normalized spacial score (nSPS) is 13.5. The number of alkyl carbamates (subject to hydrolysis) is 1. The van der Waals surface area contributed by atoms with E-state index < -0.39 is 49.5 Å². The number of ether oxygens (including phenoxy) is 1. The lowest BCUT2D eigenvalue weighted by molar-refractivity contribution is -0.182. The van der Waals surface area contributed by atoms with Gasteiger partial charge < -0.3 is 20.1 Å². The van der Waals surface area contributed by atoms with E-state index in [-0.39, 0.29) is 25.6 Å². The molecule has 7 nitrogen and oxygen atoms in total. The molecule has 0 spiro atoms. The Hall–Kier alpha value is -3.56. The van der Waals surface area contributed by atoms with Gasteiger partial charge in [0.1, 0.15) is 13.2 Å². The highest BCUT2D eigenvalue weighted by molar-refractivity contribution is 5.81. The van der Waals surface area contributed by atoms with E-state index in [0.29, 0.717) is 0 Å². The quantitative estimate of drug-likeness (QED) is 0.512. The molecular formula is C25H27F3N2O5. The van der Waals surface area contributed by atoms with Crippen LogP contribution >= 0.6 is 0 Å². The molecule has 0 aromatic heterocycles. The molecule has 0 saturated heterocycles. The first kappa shape index (κ1) is 26.1. The maximum absolute atomic E-state index is 13.4. The average molecular weight is 492 g/mol. The van der Waals surface area contributed by atoms with Crippen molar-refractivity contribution in [1.82, 2.24) is 10.2 Å². The number of rotatable bonds is 10. The fourth-order valence-electron chi connectivity index (χ4n) is 4.26. The predicted molar refractivity (Wildman–Crippen MR) is 122 cm³/mol. The molecule has 3 rings (SSSR count). The fourth-order valence-corrected chi connectivity index (χ4v) is 4.26. The number of likely N-dealkylation sites (N-methyl/N-ethyl adjacent to an activating group) is 1. The van der Waals surface area contributed by atoms with Gasteiger partial charge in [-0.05, 0) is 35.6 Å². The van der Waals surface area contributed by atoms with Crippen LogP contribution < -0.4 is 5.32 Å². The van der Waals surface area contributed by atoms with Crippen molar-refractivity contribution in [2.24, 2.45) is 5.92 Å². The summed E-state index contributed by atoms with van der Waals surface area (Å²) in [6.07, 6.45) is -6.96. The molecule has 0 aliphatic heterocycles. The lowest BCUT2D eigenvalue weighted by Gasteiger charge is -2.24. The molecule has 0 radical (unpaired) electrons. The number of nitrogens with zero attached hydrogens (tertiary/aromatic N) is 1. The number of carbonyl (C=O) groups excluding carboxylic acids is 2. The van der Waals surface area contributed by atoms with E-state index in [4.69, 9.17) is 9.84 Å². The van der Waals surface area contributed by atoms with Crippen LogP contribution in [0.25, 0.3) is 11.1 Å². The molecular weight excluding hydrogens is 465 g/mol. The van der Waals surface area contributed by atoms with Crippen LogP contribution in [0.1, 0.15) is 36.8 Å². The second-order valence-corrected chi connectivity index (χ2v) is 8.29. The van der Waals surface area contributed by atoms with Gasteiger partial charge >= 0.3 is 18.2 Å². The third-order valence-corrected chi connectivity index (χ3v) is 6.05. The van der Waals surface area contributed by atoms with Gasteiger partial charge in [0, 0.05) is 25.4 Å². The highest BCUT2D eigenvalue weighted by Gasteiger charge is 2.41. The molecule has 2 aromatic carbocycles. The Kier molecular flexibility index (Phi) is 8.37. The number of amides is 2. The molecule has 2 aromatic rings. The molecule has 0 saturated carbocycles. The minimum absolute atomic E-state index is 0.0201. The van der Waals surface area contributed by atoms with Crippen LogP contribution in [0.5, 0.6) is 0 Å². The van der Waals surface area contributed by atoms with Crippen molar-refractivity contribution in [3.8, 4) is 11.1 Å². The van der Waals surface area contributed by atoms with Crippen LogP contribution in [-0.4, -0.2) is 60.4 Å². The van der Waals surface area contributed by atoms with Crippen LogP contribution in [0.2, 0.25) is 0 Å². The van der Waals surface area contributed by atoms with Gasteiger partial charge in [0.25, 0.3) is 0 Å². The SMILES string of the molecule is CCN(CC(=O)O)C(=O)CC(CCNC(=O)OCC1c2ccccc2-c2ccccc21)C(F)(F)F. The molecule has 1 aliphatic carbocycles. The van der Waals surface area contributed by atoms with Gasteiger partial charge in [0.2, 0.25) is 5.91 Å². The Morgan fingerprint density at radius 1 is 1.06 bits per heavy atom. The Morgan fingerprint density at radius 3 is 2.14 bits per heavy atom. The zero-order chi connectivity index (χ0) is 25.6. The summed E-state index contributed by atoms with van der Waals surface area (Å²) in [5, 5.41) is 11.1. The summed E-state index contributed by atoms with van der Waals surface area (Å²) < 4.78 is 45.6. The number of halogens is 3. The summed E-state index contributed by atoms with van der Waals surface area (Å²) in [6.45, 7) is 0.481. The molecule has 0 heterocycles. The number of fused-ring (bicyclic) bond motifs is 3. The topological polar surface area (TPSA) is 95.9 Å². The van der Waals surface area contributed by atoms with Crippen LogP contribution in [0, 0.1) is 5.92 Å². The maximum Gasteiger partial charge on any atom is 0.407 e. The van der Waals surface area contributed by atoms with Crippen molar-refractivity contribution in [2.45, 2.75) is 31.9 Å². The van der Waals surface area contributed by atoms with Crippen molar-refractivity contribution in [2.75, 3.05) is 26.2 Å². The molecule has 2 amide bonds. The standard InChI is InChI=1S/C25H27F3N2O5/c1-2-30(14-23(32)33)22(31)13-16(25(26,27)28)11-12-29-24(34)35-15-21-19-9-5-3-7-17(19)18-8-4-6-10-20(18)21/h3-10,16,21H,2,11-15H2,1H3,(H,29,34)(H,32,33). The zero-order valence-corrected chi connectivity index (χ0v) is 19.2. The van der Waals surface area contributed by atoms with Crippen LogP contribution in [-0.2, 0) is 14.3 Å². The van der Waals surface area contributed by atoms with Gasteiger partial charge in [0.05, 0.1) is 5.92 Å². The van der Waals surface area contributed by atoms with Gasteiger partial charge in [-0.15, -0.1) is 0 Å². The minimum atomic E-state index is -4.68. The van der Waals surface area contributed by atoms with E-state index in [1.165, 1.54) is 6.92 Å². The third-order valence-electron chi connectivity index (χ3n) is 6.05. The number of hydrogen-bond acceptors (Lipinski definition) is 4. The van der Waals surface area contributed by atoms with Gasteiger partial charge in [-0.2, -0.15) is 13.2 Å². The second kappa shape index (κ2) is 11.2. The highest BCUT2D eigenvalue weighted by atomic mass is 19.4. The summed E-state index contributed by atoms with van der Waals surface area (Å²) in [5.74, 6) is -4.41. The average Bonchev–Trinajstić information content (AvgIpc) is 3.13. The van der Waals surface area contributed by atoms with E-state index in [1.54, 1.807) is 0 Å². The lowest BCUT2D eigenvalue weighted by Crippen LogP contribution is -2.39. The lowest BCUT2D eigenvalue weighted by atomic mass is 9.98.